The number of nitrogens with zero attached hydrogens (tertiary/aromatic N) is 1. The number of hydrogen-bond donors (Lipinski definition) is 2. The number of anilines is 2. The van der Waals surface area contributed by atoms with Crippen molar-refractivity contribution in [3.05, 3.63) is 18.3 Å². The zero-order valence-electron chi connectivity index (χ0n) is 8.98. The summed E-state index contributed by atoms with van der Waals surface area (Å²) in [6.45, 7) is 1.33. The molecule has 1 saturated heterocycles. The van der Waals surface area contributed by atoms with Crippen LogP contribution in [0, 0.1) is 5.92 Å². The monoisotopic (exact) mass is 221 g/mol. The first-order chi connectivity index (χ1) is 7.75. The van der Waals surface area contributed by atoms with Crippen LogP contribution in [-0.4, -0.2) is 24.1 Å². The Morgan fingerprint density at radius 3 is 2.81 bits per heavy atom. The van der Waals surface area contributed by atoms with Gasteiger partial charge in [0.2, 0.25) is 5.91 Å². The van der Waals surface area contributed by atoms with Crippen molar-refractivity contribution in [2.45, 2.75) is 12.8 Å². The number of hydrogen-bond acceptors (Lipinski definition) is 4. The molecule has 2 rings (SSSR count). The maximum atomic E-state index is 11.8. The fraction of sp³-hybridized carbons (Fsp3) is 0.455. The van der Waals surface area contributed by atoms with Crippen molar-refractivity contribution in [1.29, 1.82) is 0 Å². The number of amides is 1. The quantitative estimate of drug-likeness (QED) is 0.782. The Balaban J connectivity index is 1.93. The van der Waals surface area contributed by atoms with Crippen LogP contribution in [0.4, 0.5) is 11.5 Å². The summed E-state index contributed by atoms with van der Waals surface area (Å²) in [5.74, 6) is 0.533. The number of rotatable bonds is 2. The summed E-state index contributed by atoms with van der Waals surface area (Å²) in [4.78, 5) is 15.7. The Hall–Kier alpha value is -1.62. The van der Waals surface area contributed by atoms with E-state index in [1.165, 1.54) is 0 Å². The minimum atomic E-state index is 0.0369. The Bertz CT molecular complexity index is 358. The third kappa shape index (κ3) is 2.70. The van der Waals surface area contributed by atoms with Crippen LogP contribution < -0.4 is 11.1 Å². The average molecular weight is 221 g/mol. The van der Waals surface area contributed by atoms with Crippen LogP contribution in [0.3, 0.4) is 0 Å². The SMILES string of the molecule is Nc1ccc(NC(=O)C2CCOCC2)cn1. The predicted octanol–water partition coefficient (Wildman–Crippen LogP) is 1.03. The van der Waals surface area contributed by atoms with Gasteiger partial charge >= 0.3 is 0 Å². The second-order valence-electron chi connectivity index (χ2n) is 3.85. The van der Waals surface area contributed by atoms with E-state index < -0.39 is 0 Å². The number of pyridine rings is 1. The number of ether oxygens (including phenoxy) is 1. The first-order valence-corrected chi connectivity index (χ1v) is 5.36. The molecule has 3 N–H and O–H groups in total. The highest BCUT2D eigenvalue weighted by molar-refractivity contribution is 5.92. The van der Waals surface area contributed by atoms with Gasteiger partial charge in [-0.05, 0) is 25.0 Å². The van der Waals surface area contributed by atoms with Gasteiger partial charge in [-0.25, -0.2) is 4.98 Å². The molecule has 0 spiro atoms. The summed E-state index contributed by atoms with van der Waals surface area (Å²) in [7, 11) is 0. The lowest BCUT2D eigenvalue weighted by molar-refractivity contribution is -0.122. The molecule has 2 heterocycles. The maximum absolute atomic E-state index is 11.8. The molecule has 0 unspecified atom stereocenters. The Morgan fingerprint density at radius 2 is 2.19 bits per heavy atom. The smallest absolute Gasteiger partial charge is 0.227 e. The highest BCUT2D eigenvalue weighted by Gasteiger charge is 2.21. The first kappa shape index (κ1) is 10.9. The molecule has 1 amide bonds. The van der Waals surface area contributed by atoms with Gasteiger partial charge < -0.3 is 15.8 Å². The zero-order chi connectivity index (χ0) is 11.4. The molecule has 0 aromatic carbocycles. The lowest BCUT2D eigenvalue weighted by Gasteiger charge is -2.21. The standard InChI is InChI=1S/C11H15N3O2/c12-10-2-1-9(7-13-10)14-11(15)8-3-5-16-6-4-8/h1-2,7-8H,3-6H2,(H2,12,13)(H,14,15). The van der Waals surface area contributed by atoms with Crippen LogP contribution in [0.15, 0.2) is 18.3 Å². The van der Waals surface area contributed by atoms with Crippen molar-refractivity contribution in [1.82, 2.24) is 4.98 Å². The van der Waals surface area contributed by atoms with Crippen LogP contribution >= 0.6 is 0 Å². The van der Waals surface area contributed by atoms with E-state index in [9.17, 15) is 4.79 Å². The Labute approximate surface area is 94.0 Å². The van der Waals surface area contributed by atoms with E-state index in [1.54, 1.807) is 18.3 Å². The number of nitrogens with two attached hydrogens (primary N) is 1. The van der Waals surface area contributed by atoms with E-state index in [0.717, 1.165) is 12.8 Å². The van der Waals surface area contributed by atoms with E-state index in [2.05, 4.69) is 10.3 Å². The van der Waals surface area contributed by atoms with Gasteiger partial charge in [0.15, 0.2) is 0 Å². The lowest BCUT2D eigenvalue weighted by Crippen LogP contribution is -2.28. The van der Waals surface area contributed by atoms with Crippen LogP contribution in [0.5, 0.6) is 0 Å². The van der Waals surface area contributed by atoms with Crippen molar-refractivity contribution in [3.63, 3.8) is 0 Å². The highest BCUT2D eigenvalue weighted by Crippen LogP contribution is 2.17. The van der Waals surface area contributed by atoms with Crippen LogP contribution in [-0.2, 0) is 9.53 Å². The summed E-state index contributed by atoms with van der Waals surface area (Å²) in [5, 5.41) is 2.83. The Kier molecular flexibility index (Phi) is 3.36. The summed E-state index contributed by atoms with van der Waals surface area (Å²) >= 11 is 0. The fourth-order valence-electron chi connectivity index (χ4n) is 1.68. The zero-order valence-corrected chi connectivity index (χ0v) is 8.98. The van der Waals surface area contributed by atoms with E-state index in [1.807, 2.05) is 0 Å². The maximum Gasteiger partial charge on any atom is 0.227 e. The third-order valence-electron chi connectivity index (χ3n) is 2.65. The van der Waals surface area contributed by atoms with Crippen LogP contribution in [0.2, 0.25) is 0 Å². The molecule has 1 aromatic heterocycles. The lowest BCUT2D eigenvalue weighted by atomic mass is 9.99. The molecule has 16 heavy (non-hydrogen) atoms. The van der Waals surface area contributed by atoms with Gasteiger partial charge in [0, 0.05) is 19.1 Å². The molecule has 5 nitrogen and oxygen atoms in total. The summed E-state index contributed by atoms with van der Waals surface area (Å²) in [6.07, 6.45) is 3.13. The average Bonchev–Trinajstić information content (AvgIpc) is 2.33. The summed E-state index contributed by atoms with van der Waals surface area (Å²) in [5.41, 5.74) is 6.15. The van der Waals surface area contributed by atoms with Gasteiger partial charge in [0.05, 0.1) is 11.9 Å². The van der Waals surface area contributed by atoms with Gasteiger partial charge in [-0.15, -0.1) is 0 Å². The summed E-state index contributed by atoms with van der Waals surface area (Å²) in [6, 6.07) is 3.42. The van der Waals surface area contributed by atoms with Gasteiger partial charge in [-0.1, -0.05) is 0 Å². The van der Waals surface area contributed by atoms with Gasteiger partial charge in [0.1, 0.15) is 5.82 Å². The molecule has 1 aliphatic heterocycles. The number of aromatic nitrogens is 1. The molecule has 86 valence electrons. The summed E-state index contributed by atoms with van der Waals surface area (Å²) < 4.78 is 5.21. The van der Waals surface area contributed by atoms with Crippen molar-refractivity contribution >= 4 is 17.4 Å². The minimum absolute atomic E-state index is 0.0369. The van der Waals surface area contributed by atoms with E-state index in [4.69, 9.17) is 10.5 Å². The normalized spacial score (nSPS) is 17.0. The molecule has 1 aromatic rings. The molecule has 0 bridgehead atoms. The molecule has 0 saturated carbocycles. The molecule has 1 fully saturated rings. The van der Waals surface area contributed by atoms with Gasteiger partial charge in [-0.2, -0.15) is 0 Å². The number of nitrogen functional groups attached to an aromatic ring is 1. The number of carbonyl (C=O) groups excluding carboxylic acids is 1. The van der Waals surface area contributed by atoms with Crippen molar-refractivity contribution < 1.29 is 9.53 Å². The number of carbonyl (C=O) groups is 1. The number of nitrogens with one attached hydrogen (secondary N) is 1. The topological polar surface area (TPSA) is 77.2 Å². The minimum Gasteiger partial charge on any atom is -0.384 e. The van der Waals surface area contributed by atoms with Gasteiger partial charge in [0.25, 0.3) is 0 Å². The molecule has 5 heteroatoms. The second-order valence-corrected chi connectivity index (χ2v) is 3.85. The first-order valence-electron chi connectivity index (χ1n) is 5.36. The molecule has 0 radical (unpaired) electrons. The van der Waals surface area contributed by atoms with Crippen molar-refractivity contribution in [3.8, 4) is 0 Å². The molecular weight excluding hydrogens is 206 g/mol. The fourth-order valence-corrected chi connectivity index (χ4v) is 1.68. The largest absolute Gasteiger partial charge is 0.384 e. The predicted molar refractivity (Wildman–Crippen MR) is 60.8 cm³/mol. The van der Waals surface area contributed by atoms with Crippen LogP contribution in [0.25, 0.3) is 0 Å². The van der Waals surface area contributed by atoms with E-state index in [-0.39, 0.29) is 11.8 Å². The second kappa shape index (κ2) is 4.94. The molecule has 0 aliphatic carbocycles. The van der Waals surface area contributed by atoms with E-state index in [0.29, 0.717) is 24.7 Å². The van der Waals surface area contributed by atoms with Gasteiger partial charge in [-0.3, -0.25) is 4.79 Å². The van der Waals surface area contributed by atoms with Crippen LogP contribution in [0.1, 0.15) is 12.8 Å². The third-order valence-corrected chi connectivity index (χ3v) is 2.65. The van der Waals surface area contributed by atoms with E-state index >= 15 is 0 Å². The molecular formula is C11H15N3O2. The Morgan fingerprint density at radius 1 is 1.44 bits per heavy atom. The molecule has 0 atom stereocenters. The molecule has 1 aliphatic rings. The highest BCUT2D eigenvalue weighted by atomic mass is 16.5. The van der Waals surface area contributed by atoms with Crippen molar-refractivity contribution in [2.75, 3.05) is 24.3 Å². The van der Waals surface area contributed by atoms with Crippen molar-refractivity contribution in [2.24, 2.45) is 5.92 Å².